The van der Waals surface area contributed by atoms with Gasteiger partial charge in [0.15, 0.2) is 0 Å². The average Bonchev–Trinajstić information content (AvgIpc) is 3.10. The van der Waals surface area contributed by atoms with Gasteiger partial charge in [-0.15, -0.1) is 0 Å². The summed E-state index contributed by atoms with van der Waals surface area (Å²) in [6.07, 6.45) is 1.94. The monoisotopic (exact) mass is 691 g/mol. The summed E-state index contributed by atoms with van der Waals surface area (Å²) < 4.78 is 5.92. The Morgan fingerprint density at radius 1 is 0.820 bits per heavy atom. The van der Waals surface area contributed by atoms with Crippen LogP contribution in [-0.2, 0) is 26.3 Å². The number of rotatable bonds is 11. The summed E-state index contributed by atoms with van der Waals surface area (Å²) in [5.41, 5.74) is 2.89. The van der Waals surface area contributed by atoms with Gasteiger partial charge in [0.25, 0.3) is 0 Å². The Hall–Kier alpha value is -4.40. The number of hydrogen-bond donors (Lipinski definition) is 3. The summed E-state index contributed by atoms with van der Waals surface area (Å²) in [7, 11) is 0. The molecule has 0 aliphatic carbocycles. The molecule has 0 spiro atoms. The van der Waals surface area contributed by atoms with Crippen LogP contribution in [0.15, 0.2) is 109 Å². The van der Waals surface area contributed by atoms with Crippen molar-refractivity contribution in [3.8, 4) is 0 Å². The molecule has 1 fully saturated rings. The third-order valence-corrected chi connectivity index (χ3v) is 9.86. The molecular weight excluding hydrogens is 643 g/mol. The highest BCUT2D eigenvalue weighted by molar-refractivity contribution is 7.80. The van der Waals surface area contributed by atoms with Gasteiger partial charge in [-0.3, -0.25) is 14.9 Å². The lowest BCUT2D eigenvalue weighted by molar-refractivity contribution is -0.135. The molecular formula is C42H49N3O4S. The molecule has 0 bridgehead atoms. The first-order valence-corrected chi connectivity index (χ1v) is 18.0. The molecule has 0 saturated carbocycles. The minimum Gasteiger partial charge on any atom is -0.456 e. The number of hydrogen-bond acceptors (Lipinski definition) is 6. The van der Waals surface area contributed by atoms with E-state index in [-0.39, 0.29) is 17.6 Å². The van der Waals surface area contributed by atoms with Gasteiger partial charge < -0.3 is 15.0 Å². The van der Waals surface area contributed by atoms with E-state index in [0.29, 0.717) is 43.5 Å². The van der Waals surface area contributed by atoms with Crippen molar-refractivity contribution in [1.82, 2.24) is 15.5 Å². The molecule has 1 heterocycles. The van der Waals surface area contributed by atoms with Gasteiger partial charge in [-0.05, 0) is 80.8 Å². The first kappa shape index (κ1) is 36.9. The number of nitrogens with one attached hydrogen (secondary N) is 2. The maximum atomic E-state index is 14.6. The van der Waals surface area contributed by atoms with E-state index in [2.05, 4.69) is 29.7 Å². The van der Waals surface area contributed by atoms with Crippen molar-refractivity contribution in [2.24, 2.45) is 0 Å². The smallest absolute Gasteiger partial charge is 0.339 e. The number of aryl methyl sites for hydroxylation is 1. The highest BCUT2D eigenvalue weighted by atomic mass is 32.1. The van der Waals surface area contributed by atoms with Gasteiger partial charge in [0, 0.05) is 31.3 Å². The van der Waals surface area contributed by atoms with E-state index >= 15 is 0 Å². The standard InChI is InChI=1S/C42H49N3O4S/c1-30-16-12-13-17-32(30)28-41(43-31(2)46)24-26-45(27-25-41)38(47)37(29-50)44-42(33-18-8-6-9-19-33,34-20-10-7-11-21-34)36-23-15-14-22-35(36)39(48)49-40(3,4)5/h6-23,37,44,50H,24-29H2,1-5H3,(H,43,46)/t37-/m0/s1. The molecule has 4 aromatic carbocycles. The van der Waals surface area contributed by atoms with Crippen molar-refractivity contribution in [2.45, 2.75) is 76.6 Å². The van der Waals surface area contributed by atoms with Crippen LogP contribution in [0, 0.1) is 6.92 Å². The number of esters is 1. The molecule has 1 saturated heterocycles. The van der Waals surface area contributed by atoms with E-state index in [4.69, 9.17) is 17.4 Å². The Morgan fingerprint density at radius 2 is 1.36 bits per heavy atom. The Kier molecular flexibility index (Phi) is 11.5. The fourth-order valence-electron chi connectivity index (χ4n) is 7.13. The zero-order valence-corrected chi connectivity index (χ0v) is 30.6. The Morgan fingerprint density at radius 3 is 1.90 bits per heavy atom. The van der Waals surface area contributed by atoms with E-state index < -0.39 is 28.7 Å². The molecule has 1 aliphatic rings. The van der Waals surface area contributed by atoms with Crippen molar-refractivity contribution in [1.29, 1.82) is 0 Å². The third kappa shape index (κ3) is 8.31. The topological polar surface area (TPSA) is 87.7 Å². The molecule has 8 heteroatoms. The van der Waals surface area contributed by atoms with E-state index in [1.54, 1.807) is 13.0 Å². The molecule has 1 aliphatic heterocycles. The Balaban J connectivity index is 1.54. The zero-order valence-electron chi connectivity index (χ0n) is 29.7. The Bertz CT molecular complexity index is 1740. The van der Waals surface area contributed by atoms with Gasteiger partial charge in [0.05, 0.1) is 17.1 Å². The fraction of sp³-hybridized carbons (Fsp3) is 0.357. The maximum Gasteiger partial charge on any atom is 0.339 e. The van der Waals surface area contributed by atoms with Crippen molar-refractivity contribution >= 4 is 30.4 Å². The second-order valence-corrected chi connectivity index (χ2v) is 14.7. The number of benzene rings is 4. The van der Waals surface area contributed by atoms with E-state index in [1.165, 1.54) is 11.1 Å². The van der Waals surface area contributed by atoms with Gasteiger partial charge in [-0.2, -0.15) is 12.6 Å². The highest BCUT2D eigenvalue weighted by Crippen LogP contribution is 2.40. The van der Waals surface area contributed by atoms with Crippen LogP contribution in [0.25, 0.3) is 0 Å². The number of carbonyl (C=O) groups is 3. The first-order chi connectivity index (χ1) is 23.9. The predicted molar refractivity (Wildman–Crippen MR) is 202 cm³/mol. The van der Waals surface area contributed by atoms with Crippen LogP contribution in [0.1, 0.15) is 78.7 Å². The molecule has 50 heavy (non-hydrogen) atoms. The average molecular weight is 692 g/mol. The molecule has 0 aromatic heterocycles. The lowest BCUT2D eigenvalue weighted by Crippen LogP contribution is -2.61. The summed E-state index contributed by atoms with van der Waals surface area (Å²) >= 11 is 4.74. The normalized spacial score (nSPS) is 15.2. The molecule has 1 atom stereocenters. The summed E-state index contributed by atoms with van der Waals surface area (Å²) in [4.78, 5) is 42.7. The van der Waals surface area contributed by atoms with Crippen LogP contribution in [0.5, 0.6) is 0 Å². The number of likely N-dealkylation sites (tertiary alicyclic amines) is 1. The number of nitrogens with zero attached hydrogens (tertiary/aromatic N) is 1. The summed E-state index contributed by atoms with van der Waals surface area (Å²) in [6, 6.07) is 34.8. The minimum atomic E-state index is -1.13. The fourth-order valence-corrected chi connectivity index (χ4v) is 7.38. The van der Waals surface area contributed by atoms with E-state index in [9.17, 15) is 14.4 Å². The molecule has 0 unspecified atom stereocenters. The second-order valence-electron chi connectivity index (χ2n) is 14.3. The number of carbonyl (C=O) groups excluding carboxylic acids is 3. The highest BCUT2D eigenvalue weighted by Gasteiger charge is 2.44. The molecule has 0 radical (unpaired) electrons. The molecule has 5 rings (SSSR count). The summed E-state index contributed by atoms with van der Waals surface area (Å²) in [5.74, 6) is -0.393. The lowest BCUT2D eigenvalue weighted by Gasteiger charge is -2.45. The SMILES string of the molecule is CC(=O)NC1(Cc2ccccc2C)CCN(C(=O)[C@H](CS)NC(c2ccccc2)(c2ccccc2)c2ccccc2C(=O)OC(C)(C)C)CC1. The van der Waals surface area contributed by atoms with Gasteiger partial charge in [0.1, 0.15) is 5.60 Å². The zero-order chi connectivity index (χ0) is 35.9. The molecule has 2 N–H and O–H groups in total. The molecule has 262 valence electrons. The molecule has 7 nitrogen and oxygen atoms in total. The van der Waals surface area contributed by atoms with Crippen LogP contribution in [0.4, 0.5) is 0 Å². The van der Waals surface area contributed by atoms with Crippen molar-refractivity contribution in [3.05, 3.63) is 143 Å². The number of ether oxygens (including phenoxy) is 1. The first-order valence-electron chi connectivity index (χ1n) is 17.3. The molecule has 2 amide bonds. The van der Waals surface area contributed by atoms with Crippen molar-refractivity contribution < 1.29 is 19.1 Å². The van der Waals surface area contributed by atoms with Crippen LogP contribution >= 0.6 is 12.6 Å². The largest absolute Gasteiger partial charge is 0.456 e. The molecule has 4 aromatic rings. The van der Waals surface area contributed by atoms with E-state index in [0.717, 1.165) is 11.1 Å². The van der Waals surface area contributed by atoms with Crippen LogP contribution in [0.2, 0.25) is 0 Å². The van der Waals surface area contributed by atoms with Crippen LogP contribution in [0.3, 0.4) is 0 Å². The number of piperidine rings is 1. The van der Waals surface area contributed by atoms with Gasteiger partial charge in [0.2, 0.25) is 11.8 Å². The van der Waals surface area contributed by atoms with Gasteiger partial charge in [-0.1, -0.05) is 103 Å². The summed E-state index contributed by atoms with van der Waals surface area (Å²) in [6.45, 7) is 10.2. The maximum absolute atomic E-state index is 14.6. The van der Waals surface area contributed by atoms with Crippen molar-refractivity contribution in [2.75, 3.05) is 18.8 Å². The third-order valence-electron chi connectivity index (χ3n) is 9.50. The minimum absolute atomic E-state index is 0.0765. The predicted octanol–water partition coefficient (Wildman–Crippen LogP) is 6.87. The van der Waals surface area contributed by atoms with Gasteiger partial charge >= 0.3 is 5.97 Å². The van der Waals surface area contributed by atoms with Crippen molar-refractivity contribution in [3.63, 3.8) is 0 Å². The number of amides is 2. The quantitative estimate of drug-likeness (QED) is 0.0909. The Labute approximate surface area is 302 Å². The van der Waals surface area contributed by atoms with Crippen LogP contribution < -0.4 is 10.6 Å². The van der Waals surface area contributed by atoms with Crippen LogP contribution in [-0.4, -0.2) is 58.7 Å². The van der Waals surface area contributed by atoms with E-state index in [1.807, 2.05) is 117 Å². The van der Waals surface area contributed by atoms with Gasteiger partial charge in [-0.25, -0.2) is 4.79 Å². The second kappa shape index (κ2) is 15.7. The summed E-state index contributed by atoms with van der Waals surface area (Å²) in [5, 5.41) is 7.03. The number of thiol groups is 1. The lowest BCUT2D eigenvalue weighted by atomic mass is 9.74.